The van der Waals surface area contributed by atoms with Crippen LogP contribution in [0.4, 0.5) is 0 Å². The molecule has 0 spiro atoms. The van der Waals surface area contributed by atoms with E-state index in [0.29, 0.717) is 25.7 Å². The van der Waals surface area contributed by atoms with Crippen LogP contribution in [0.15, 0.2) is 36.5 Å². The van der Waals surface area contributed by atoms with Crippen LogP contribution in [0.2, 0.25) is 0 Å². The maximum Gasteiger partial charge on any atom is 0.469 e. The normalized spacial score (nSPS) is 14.0. The number of aliphatic hydroxyl groups is 2. The van der Waals surface area contributed by atoms with E-state index in [4.69, 9.17) is 19.3 Å². The van der Waals surface area contributed by atoms with E-state index in [0.717, 1.165) is 70.6 Å². The maximum absolute atomic E-state index is 12.4. The van der Waals surface area contributed by atoms with Crippen LogP contribution in [0.1, 0.15) is 194 Å². The Hall–Kier alpha value is -1.81. The average molecular weight is 787 g/mol. The van der Waals surface area contributed by atoms with Crippen LogP contribution in [0.25, 0.3) is 0 Å². The second kappa shape index (κ2) is 38.1. The maximum atomic E-state index is 12.4. The van der Waals surface area contributed by atoms with Crippen LogP contribution < -0.4 is 0 Å². The Kier molecular flexibility index (Phi) is 36.8. The van der Waals surface area contributed by atoms with Gasteiger partial charge >= 0.3 is 19.8 Å². The quantitative estimate of drug-likeness (QED) is 0.0204. The van der Waals surface area contributed by atoms with Gasteiger partial charge in [0.05, 0.1) is 18.8 Å². The summed E-state index contributed by atoms with van der Waals surface area (Å²) in [5, 5.41) is 20.4. The first-order valence-electron chi connectivity index (χ1n) is 21.4. The molecule has 0 saturated carbocycles. The van der Waals surface area contributed by atoms with Gasteiger partial charge in [0, 0.05) is 12.8 Å². The highest BCUT2D eigenvalue weighted by atomic mass is 31.2. The molecule has 0 aromatic rings. The second-order valence-electron chi connectivity index (χ2n) is 14.6. The smallest absolute Gasteiger partial charge is 0.462 e. The molecule has 0 saturated heterocycles. The summed E-state index contributed by atoms with van der Waals surface area (Å²) >= 11 is 0. The van der Waals surface area contributed by atoms with Gasteiger partial charge in [0.25, 0.3) is 0 Å². The van der Waals surface area contributed by atoms with Crippen LogP contribution in [0, 0.1) is 0 Å². The molecule has 0 aliphatic rings. The van der Waals surface area contributed by atoms with Crippen molar-refractivity contribution in [3.63, 3.8) is 0 Å². The third kappa shape index (κ3) is 38.5. The number of rotatable bonds is 39. The molecule has 4 N–H and O–H groups in total. The zero-order valence-corrected chi connectivity index (χ0v) is 35.0. The molecule has 316 valence electrons. The second-order valence-corrected chi connectivity index (χ2v) is 15.9. The van der Waals surface area contributed by atoms with Gasteiger partial charge in [-0.15, -0.1) is 0 Å². The lowest BCUT2D eigenvalue weighted by Crippen LogP contribution is -2.29. The van der Waals surface area contributed by atoms with Crippen LogP contribution in [0.5, 0.6) is 0 Å². The fourth-order valence-corrected chi connectivity index (χ4v) is 6.32. The van der Waals surface area contributed by atoms with Crippen molar-refractivity contribution in [3.05, 3.63) is 36.5 Å². The number of allylic oxidation sites excluding steroid dienone is 5. The van der Waals surface area contributed by atoms with E-state index in [-0.39, 0.29) is 19.4 Å². The Morgan fingerprint density at radius 3 is 1.56 bits per heavy atom. The molecular weight excluding hydrogens is 707 g/mol. The molecule has 3 atom stereocenters. The molecule has 0 aromatic heterocycles. The summed E-state index contributed by atoms with van der Waals surface area (Å²) in [5.74, 6) is -0.999. The predicted octanol–water partition coefficient (Wildman–Crippen LogP) is 10.9. The highest BCUT2D eigenvalue weighted by molar-refractivity contribution is 7.46. The summed E-state index contributed by atoms with van der Waals surface area (Å²) in [5.41, 5.74) is 0. The van der Waals surface area contributed by atoms with E-state index in [1.54, 1.807) is 0 Å². The number of hydrogen-bond acceptors (Lipinski definition) is 8. The third-order valence-corrected chi connectivity index (χ3v) is 9.82. The number of carbonyl (C=O) groups is 2. The van der Waals surface area contributed by atoms with Gasteiger partial charge in [0.2, 0.25) is 0 Å². The summed E-state index contributed by atoms with van der Waals surface area (Å²) in [6.45, 7) is 3.47. The molecule has 0 aliphatic heterocycles. The Balaban J connectivity index is 4.02. The standard InChI is InChI=1S/C43H79O10P/c1-3-5-7-9-11-12-13-14-15-16-17-18-19-20-21-22-23-27-31-35-42(46)51-37-39(38-52-54(48,49)50)53-43(47)36-32-28-24-26-30-34-41(45)40(44)33-29-25-10-8-6-4-2/h11-12,14-15,25,29,39-41,44-45H,3-10,13,16-24,26-28,30-38H2,1-2H3,(H2,48,49,50)/b12-11-,15-14-,29-25-/t39-,40+,41+/m1/s1. The van der Waals surface area contributed by atoms with E-state index >= 15 is 0 Å². The Labute approximate surface area is 328 Å². The number of phosphoric ester groups is 1. The Morgan fingerprint density at radius 2 is 1.02 bits per heavy atom. The number of hydrogen-bond donors (Lipinski definition) is 4. The predicted molar refractivity (Wildman–Crippen MR) is 219 cm³/mol. The molecule has 0 fully saturated rings. The number of carbonyl (C=O) groups excluding carboxylic acids is 2. The summed E-state index contributed by atoms with van der Waals surface area (Å²) in [6.07, 6.45) is 37.4. The zero-order chi connectivity index (χ0) is 40.0. The first-order chi connectivity index (χ1) is 26.1. The lowest BCUT2D eigenvalue weighted by atomic mass is 10.0. The first-order valence-corrected chi connectivity index (χ1v) is 23.0. The largest absolute Gasteiger partial charge is 0.469 e. The third-order valence-electron chi connectivity index (χ3n) is 9.33. The number of ether oxygens (including phenoxy) is 2. The molecule has 11 heteroatoms. The van der Waals surface area contributed by atoms with E-state index < -0.39 is 44.7 Å². The molecule has 0 heterocycles. The molecule has 54 heavy (non-hydrogen) atoms. The van der Waals surface area contributed by atoms with Gasteiger partial charge in [-0.2, -0.15) is 0 Å². The number of unbranched alkanes of at least 4 members (excludes halogenated alkanes) is 19. The highest BCUT2D eigenvalue weighted by Gasteiger charge is 2.23. The molecule has 0 radical (unpaired) electrons. The van der Waals surface area contributed by atoms with Crippen molar-refractivity contribution in [2.75, 3.05) is 13.2 Å². The van der Waals surface area contributed by atoms with Crippen molar-refractivity contribution in [3.8, 4) is 0 Å². The molecule has 0 bridgehead atoms. The van der Waals surface area contributed by atoms with Gasteiger partial charge in [0.1, 0.15) is 6.61 Å². The van der Waals surface area contributed by atoms with Gasteiger partial charge in [-0.05, 0) is 70.6 Å². The highest BCUT2D eigenvalue weighted by Crippen LogP contribution is 2.36. The molecule has 0 rings (SSSR count). The lowest BCUT2D eigenvalue weighted by Gasteiger charge is -2.18. The van der Waals surface area contributed by atoms with Crippen molar-refractivity contribution in [1.29, 1.82) is 0 Å². The number of phosphoric acid groups is 1. The van der Waals surface area contributed by atoms with Crippen molar-refractivity contribution in [2.45, 2.75) is 212 Å². The van der Waals surface area contributed by atoms with Gasteiger partial charge < -0.3 is 29.5 Å². The SMILES string of the molecule is CCCCC/C=C\C/C=C\CCCCCCCCCCCC(=O)OC[C@H](COP(=O)(O)O)OC(=O)CCCCCCC[C@H](O)[C@@H](O)C/C=C\CCCCC. The molecule has 0 aliphatic carbocycles. The van der Waals surface area contributed by atoms with Gasteiger partial charge in [0.15, 0.2) is 6.10 Å². The summed E-state index contributed by atoms with van der Waals surface area (Å²) in [7, 11) is -4.80. The molecular formula is C43H79O10P. The van der Waals surface area contributed by atoms with Gasteiger partial charge in [-0.3, -0.25) is 14.1 Å². The Morgan fingerprint density at radius 1 is 0.556 bits per heavy atom. The summed E-state index contributed by atoms with van der Waals surface area (Å²) < 4.78 is 26.3. The monoisotopic (exact) mass is 787 g/mol. The van der Waals surface area contributed by atoms with Crippen LogP contribution in [-0.2, 0) is 28.2 Å². The van der Waals surface area contributed by atoms with Crippen molar-refractivity contribution in [1.82, 2.24) is 0 Å². The van der Waals surface area contributed by atoms with Crippen LogP contribution >= 0.6 is 7.82 Å². The topological polar surface area (TPSA) is 160 Å². The van der Waals surface area contributed by atoms with E-state index in [2.05, 4.69) is 48.8 Å². The van der Waals surface area contributed by atoms with Gasteiger partial charge in [-0.25, -0.2) is 4.57 Å². The zero-order valence-electron chi connectivity index (χ0n) is 34.1. The van der Waals surface area contributed by atoms with Crippen molar-refractivity contribution < 1.29 is 48.2 Å². The summed E-state index contributed by atoms with van der Waals surface area (Å²) in [6, 6.07) is 0. The molecule has 0 aromatic carbocycles. The van der Waals surface area contributed by atoms with E-state index in [9.17, 15) is 24.4 Å². The molecule has 10 nitrogen and oxygen atoms in total. The van der Waals surface area contributed by atoms with Crippen molar-refractivity contribution in [2.24, 2.45) is 0 Å². The van der Waals surface area contributed by atoms with E-state index in [1.165, 1.54) is 70.6 Å². The first kappa shape index (κ1) is 52.2. The number of esters is 2. The average Bonchev–Trinajstić information content (AvgIpc) is 3.14. The minimum absolute atomic E-state index is 0.112. The summed E-state index contributed by atoms with van der Waals surface area (Å²) in [4.78, 5) is 42.9. The number of aliphatic hydroxyl groups excluding tert-OH is 2. The fourth-order valence-electron chi connectivity index (χ4n) is 5.96. The minimum Gasteiger partial charge on any atom is -0.462 e. The van der Waals surface area contributed by atoms with E-state index in [1.807, 2.05) is 6.08 Å². The van der Waals surface area contributed by atoms with Crippen LogP contribution in [0.3, 0.4) is 0 Å². The van der Waals surface area contributed by atoms with Gasteiger partial charge in [-0.1, -0.05) is 147 Å². The van der Waals surface area contributed by atoms with Crippen molar-refractivity contribution >= 4 is 19.8 Å². The molecule has 0 amide bonds. The molecule has 0 unspecified atom stereocenters. The Bertz CT molecular complexity index is 1010. The lowest BCUT2D eigenvalue weighted by molar-refractivity contribution is -0.161. The minimum atomic E-state index is -4.80. The van der Waals surface area contributed by atoms with Crippen LogP contribution in [-0.4, -0.2) is 63.5 Å². The fraction of sp³-hybridized carbons (Fsp3) is 0.814.